The summed E-state index contributed by atoms with van der Waals surface area (Å²) in [6, 6.07) is 0. The average molecular weight is 774 g/mol. The summed E-state index contributed by atoms with van der Waals surface area (Å²) in [5.41, 5.74) is 5.36. The van der Waals surface area contributed by atoms with Crippen LogP contribution in [-0.2, 0) is 27.9 Å². The number of ether oxygens (including phenoxy) is 2. The number of carbonyl (C=O) groups excluding carboxylic acids is 1. The third-order valence-corrected chi connectivity index (χ3v) is 8.99. The number of hydrogen-bond acceptors (Lipinski definition) is 7. The van der Waals surface area contributed by atoms with Crippen LogP contribution in [0.25, 0.3) is 0 Å². The van der Waals surface area contributed by atoms with Crippen molar-refractivity contribution in [1.82, 2.24) is 0 Å². The predicted octanol–water partition coefficient (Wildman–Crippen LogP) is 12.3. The Morgan fingerprint density at radius 2 is 1.04 bits per heavy atom. The molecule has 0 saturated heterocycles. The molecule has 0 aliphatic rings. The SMILES string of the molecule is CC/C=C\C/C=C\C/C=C\C/C=C\C/C=C\CCOCC(COP(=O)(O)OCCN)OC(=O)CCCCCCCC/C=C\C/C=C\C/C=C\CCCCC. The lowest BCUT2D eigenvalue weighted by atomic mass is 10.1. The van der Waals surface area contributed by atoms with E-state index in [9.17, 15) is 14.3 Å². The molecule has 0 aromatic rings. The number of esters is 1. The van der Waals surface area contributed by atoms with Crippen molar-refractivity contribution in [1.29, 1.82) is 0 Å². The van der Waals surface area contributed by atoms with Crippen molar-refractivity contribution >= 4 is 13.8 Å². The van der Waals surface area contributed by atoms with Gasteiger partial charge in [-0.25, -0.2) is 4.57 Å². The van der Waals surface area contributed by atoms with Gasteiger partial charge in [-0.1, -0.05) is 150 Å². The van der Waals surface area contributed by atoms with E-state index in [2.05, 4.69) is 105 Å². The van der Waals surface area contributed by atoms with Crippen LogP contribution in [0.4, 0.5) is 0 Å². The van der Waals surface area contributed by atoms with Crippen molar-refractivity contribution in [2.45, 2.75) is 148 Å². The first kappa shape index (κ1) is 51.4. The minimum Gasteiger partial charge on any atom is -0.457 e. The van der Waals surface area contributed by atoms with Crippen LogP contribution < -0.4 is 5.73 Å². The zero-order valence-electron chi connectivity index (χ0n) is 33.9. The van der Waals surface area contributed by atoms with Gasteiger partial charge >= 0.3 is 13.8 Å². The second-order valence-electron chi connectivity index (χ2n) is 13.1. The number of allylic oxidation sites excluding steroid dienone is 15. The molecular formula is C45H76NO7P. The third kappa shape index (κ3) is 40.6. The van der Waals surface area contributed by atoms with E-state index in [0.29, 0.717) is 13.0 Å². The molecule has 0 bridgehead atoms. The van der Waals surface area contributed by atoms with Gasteiger partial charge in [0.25, 0.3) is 0 Å². The summed E-state index contributed by atoms with van der Waals surface area (Å²) in [4.78, 5) is 22.4. The van der Waals surface area contributed by atoms with Gasteiger partial charge in [0.2, 0.25) is 0 Å². The third-order valence-electron chi connectivity index (χ3n) is 8.00. The maximum atomic E-state index is 12.6. The molecule has 0 aliphatic carbocycles. The Morgan fingerprint density at radius 3 is 1.56 bits per heavy atom. The second-order valence-corrected chi connectivity index (χ2v) is 14.6. The summed E-state index contributed by atoms with van der Waals surface area (Å²) in [6.45, 7) is 4.50. The largest absolute Gasteiger partial charge is 0.472 e. The molecule has 8 nitrogen and oxygen atoms in total. The van der Waals surface area contributed by atoms with Crippen LogP contribution in [-0.4, -0.2) is 49.9 Å². The first-order chi connectivity index (χ1) is 26.4. The first-order valence-corrected chi connectivity index (χ1v) is 22.2. The lowest BCUT2D eigenvalue weighted by Gasteiger charge is -2.19. The van der Waals surface area contributed by atoms with Gasteiger partial charge in [-0.05, 0) is 83.5 Å². The molecule has 0 fully saturated rings. The molecule has 0 spiro atoms. The van der Waals surface area contributed by atoms with Crippen LogP contribution in [0.15, 0.2) is 97.2 Å². The molecule has 0 saturated carbocycles. The molecule has 0 rings (SSSR count). The normalized spacial score (nSPS) is 14.5. The van der Waals surface area contributed by atoms with E-state index < -0.39 is 13.9 Å². The van der Waals surface area contributed by atoms with Crippen molar-refractivity contribution in [2.24, 2.45) is 5.73 Å². The summed E-state index contributed by atoms with van der Waals surface area (Å²) in [5, 5.41) is 0. The predicted molar refractivity (Wildman–Crippen MR) is 228 cm³/mol. The number of phosphoric acid groups is 1. The molecule has 0 aliphatic heterocycles. The minimum atomic E-state index is -4.31. The Morgan fingerprint density at radius 1 is 0.574 bits per heavy atom. The fraction of sp³-hybridized carbons (Fsp3) is 0.622. The topological polar surface area (TPSA) is 117 Å². The van der Waals surface area contributed by atoms with Gasteiger partial charge in [-0.2, -0.15) is 0 Å². The minimum absolute atomic E-state index is 0.0502. The molecule has 0 aromatic heterocycles. The van der Waals surface area contributed by atoms with Crippen LogP contribution in [0.5, 0.6) is 0 Å². The fourth-order valence-electron chi connectivity index (χ4n) is 5.01. The molecule has 9 heteroatoms. The van der Waals surface area contributed by atoms with E-state index in [1.807, 2.05) is 6.08 Å². The standard InChI is InChI=1S/C45H76NO7P/c1-3-5-7-9-11-13-15-17-19-21-22-23-24-26-28-30-32-34-36-38-45(47)53-44(43-52-54(48,49)51-41-39-46)42-50-40-37-35-33-31-29-27-25-20-18-16-14-12-10-8-6-4-2/h6,8,11-14,17-20,22-23,27,29,33,35,44H,3-5,7,9-10,15-16,21,24-26,28,30-32,34,36-43,46H2,1-2H3,(H,48,49)/b8-6-,13-11-,14-12-,19-17-,20-18-,23-22-,29-27-,35-33-. The van der Waals surface area contributed by atoms with Gasteiger partial charge in [0.1, 0.15) is 6.10 Å². The molecule has 2 unspecified atom stereocenters. The highest BCUT2D eigenvalue weighted by Gasteiger charge is 2.25. The first-order valence-electron chi connectivity index (χ1n) is 20.7. The summed E-state index contributed by atoms with van der Waals surface area (Å²) < 4.78 is 33.3. The van der Waals surface area contributed by atoms with E-state index in [-0.39, 0.29) is 38.8 Å². The van der Waals surface area contributed by atoms with Crippen molar-refractivity contribution in [3.63, 3.8) is 0 Å². The second kappa shape index (κ2) is 41.6. The smallest absolute Gasteiger partial charge is 0.457 e. The molecule has 0 heterocycles. The molecule has 308 valence electrons. The Labute approximate surface area is 330 Å². The number of carbonyl (C=O) groups is 1. The zero-order valence-corrected chi connectivity index (χ0v) is 34.8. The Hall–Kier alpha value is -2.58. The Bertz CT molecular complexity index is 1140. The van der Waals surface area contributed by atoms with E-state index in [0.717, 1.165) is 77.0 Å². The highest BCUT2D eigenvalue weighted by molar-refractivity contribution is 7.47. The summed E-state index contributed by atoms with van der Waals surface area (Å²) in [6.07, 6.45) is 54.4. The summed E-state index contributed by atoms with van der Waals surface area (Å²) in [5.74, 6) is -0.372. The highest BCUT2D eigenvalue weighted by Crippen LogP contribution is 2.43. The lowest BCUT2D eigenvalue weighted by molar-refractivity contribution is -0.154. The maximum absolute atomic E-state index is 12.6. The van der Waals surface area contributed by atoms with Crippen molar-refractivity contribution in [3.05, 3.63) is 97.2 Å². The molecule has 3 N–H and O–H groups in total. The Kier molecular flexibility index (Phi) is 39.6. The van der Waals surface area contributed by atoms with E-state index in [1.165, 1.54) is 38.5 Å². The fourth-order valence-corrected chi connectivity index (χ4v) is 5.77. The van der Waals surface area contributed by atoms with Crippen molar-refractivity contribution < 1.29 is 32.8 Å². The van der Waals surface area contributed by atoms with Crippen LogP contribution >= 0.6 is 7.82 Å². The van der Waals surface area contributed by atoms with Crippen molar-refractivity contribution in [3.8, 4) is 0 Å². The number of rotatable bonds is 38. The van der Waals surface area contributed by atoms with Gasteiger partial charge in [0.15, 0.2) is 0 Å². The van der Waals surface area contributed by atoms with E-state index in [4.69, 9.17) is 24.3 Å². The van der Waals surface area contributed by atoms with Crippen LogP contribution in [0, 0.1) is 0 Å². The summed E-state index contributed by atoms with van der Waals surface area (Å²) >= 11 is 0. The lowest BCUT2D eigenvalue weighted by Crippen LogP contribution is -2.28. The quantitative estimate of drug-likeness (QED) is 0.0276. The van der Waals surface area contributed by atoms with Gasteiger partial charge in [0, 0.05) is 13.0 Å². The Balaban J connectivity index is 4.22. The number of unbranched alkanes of at least 4 members (excludes halogenated alkanes) is 9. The molecule has 0 amide bonds. The molecule has 0 aromatic carbocycles. The maximum Gasteiger partial charge on any atom is 0.472 e. The molecule has 2 atom stereocenters. The van der Waals surface area contributed by atoms with Gasteiger partial charge in [-0.3, -0.25) is 13.8 Å². The van der Waals surface area contributed by atoms with E-state index >= 15 is 0 Å². The van der Waals surface area contributed by atoms with Gasteiger partial charge in [0.05, 0.1) is 26.4 Å². The zero-order chi connectivity index (χ0) is 39.5. The van der Waals surface area contributed by atoms with Crippen LogP contribution in [0.2, 0.25) is 0 Å². The molecule has 54 heavy (non-hydrogen) atoms. The highest BCUT2D eigenvalue weighted by atomic mass is 31.2. The number of nitrogens with two attached hydrogens (primary N) is 1. The van der Waals surface area contributed by atoms with Crippen molar-refractivity contribution in [2.75, 3.05) is 33.0 Å². The number of phosphoric ester groups is 1. The monoisotopic (exact) mass is 774 g/mol. The van der Waals surface area contributed by atoms with E-state index in [1.54, 1.807) is 0 Å². The average Bonchev–Trinajstić information content (AvgIpc) is 3.16. The van der Waals surface area contributed by atoms with Gasteiger partial charge in [-0.15, -0.1) is 0 Å². The molecule has 0 radical (unpaired) electrons. The van der Waals surface area contributed by atoms with Gasteiger partial charge < -0.3 is 20.1 Å². The van der Waals surface area contributed by atoms with Crippen LogP contribution in [0.1, 0.15) is 142 Å². The van der Waals surface area contributed by atoms with Crippen LogP contribution in [0.3, 0.4) is 0 Å². The number of hydrogen-bond donors (Lipinski definition) is 2. The summed E-state index contributed by atoms with van der Waals surface area (Å²) in [7, 11) is -4.31. The molecular weight excluding hydrogens is 697 g/mol.